The lowest BCUT2D eigenvalue weighted by atomic mass is 10.1. The Kier molecular flexibility index (Phi) is 4.88. The van der Waals surface area contributed by atoms with Crippen LogP contribution >= 0.6 is 15.9 Å². The van der Waals surface area contributed by atoms with Crippen LogP contribution in [0.5, 0.6) is 0 Å². The molecular weight excluding hydrogens is 263 g/mol. The van der Waals surface area contributed by atoms with Gasteiger partial charge in [0, 0.05) is 12.7 Å². The molecule has 0 saturated carbocycles. The van der Waals surface area contributed by atoms with E-state index >= 15 is 0 Å². The van der Waals surface area contributed by atoms with Crippen LogP contribution in [0.15, 0.2) is 12.2 Å². The topological polar surface area (TPSA) is 52.6 Å². The van der Waals surface area contributed by atoms with Gasteiger partial charge in [-0.1, -0.05) is 15.9 Å². The summed E-state index contributed by atoms with van der Waals surface area (Å²) in [6, 6.07) is 0. The molecule has 2 radical (unpaired) electrons. The van der Waals surface area contributed by atoms with Crippen molar-refractivity contribution in [3.05, 3.63) is 12.2 Å². The minimum atomic E-state index is -0.461. The molecule has 6 heteroatoms. The number of carbonyl (C=O) groups is 2. The smallest absolute Gasteiger partial charge is 0.317 e. The highest BCUT2D eigenvalue weighted by molar-refractivity contribution is 9.09. The number of hydrogen-bond acceptors (Lipinski definition) is 4. The molecule has 2 atom stereocenters. The predicted molar refractivity (Wildman–Crippen MR) is 57.9 cm³/mol. The van der Waals surface area contributed by atoms with Crippen molar-refractivity contribution in [2.24, 2.45) is 0 Å². The Labute approximate surface area is 97.5 Å². The van der Waals surface area contributed by atoms with Gasteiger partial charge in [-0.3, -0.25) is 9.59 Å². The number of carbonyl (C=O) groups excluding carboxylic acids is 2. The third-order valence-electron chi connectivity index (χ3n) is 1.85. The summed E-state index contributed by atoms with van der Waals surface area (Å²) in [5.41, 5.74) is 0. The van der Waals surface area contributed by atoms with Crippen LogP contribution < -0.4 is 0 Å². The maximum Gasteiger partial charge on any atom is 0.317 e. The van der Waals surface area contributed by atoms with Gasteiger partial charge in [0.2, 0.25) is 0 Å². The Hall–Kier alpha value is -0.775. The van der Waals surface area contributed by atoms with Crippen LogP contribution in [0.4, 0.5) is 0 Å². The molecule has 0 fully saturated rings. The maximum absolute atomic E-state index is 10.9. The zero-order valence-corrected chi connectivity index (χ0v) is 9.61. The molecule has 0 amide bonds. The molecule has 0 aromatic heterocycles. The third-order valence-corrected chi connectivity index (χ3v) is 2.30. The SMILES string of the molecule is [B]CC(=O)O[C@@H]1C=CC(OC(=O)CBr)C1. The molecule has 0 spiro atoms. The van der Waals surface area contributed by atoms with Crippen LogP contribution in [0.25, 0.3) is 0 Å². The number of rotatable bonds is 4. The van der Waals surface area contributed by atoms with E-state index in [1.54, 1.807) is 12.2 Å². The highest BCUT2D eigenvalue weighted by Gasteiger charge is 2.23. The highest BCUT2D eigenvalue weighted by atomic mass is 79.9. The van der Waals surface area contributed by atoms with E-state index in [1.165, 1.54) is 0 Å². The molecule has 0 N–H and O–H groups in total. The summed E-state index contributed by atoms with van der Waals surface area (Å²) < 4.78 is 9.96. The standard InChI is InChI=1S/C9H10BBrO4/c10-4-8(12)14-6-1-2-7(3-6)15-9(13)5-11/h1-2,6-7H,3-5H2/t6-,7?/m1/s1. The molecule has 1 unspecified atom stereocenters. The first kappa shape index (κ1) is 12.3. The van der Waals surface area contributed by atoms with Crippen molar-refractivity contribution < 1.29 is 19.1 Å². The molecule has 0 heterocycles. The predicted octanol–water partition coefficient (Wildman–Crippen LogP) is 0.752. The molecule has 0 aromatic carbocycles. The van der Waals surface area contributed by atoms with Gasteiger partial charge in [-0.2, -0.15) is 0 Å². The minimum absolute atomic E-state index is 0.143. The lowest BCUT2D eigenvalue weighted by Crippen LogP contribution is -2.20. The first-order valence-electron chi connectivity index (χ1n) is 4.49. The molecule has 1 aliphatic rings. The van der Waals surface area contributed by atoms with Gasteiger partial charge < -0.3 is 9.47 Å². The fraction of sp³-hybridized carbons (Fsp3) is 0.556. The number of esters is 2. The molecule has 0 bridgehead atoms. The molecule has 1 rings (SSSR count). The number of halogens is 1. The van der Waals surface area contributed by atoms with Gasteiger partial charge in [0.05, 0.1) is 7.85 Å². The summed E-state index contributed by atoms with van der Waals surface area (Å²) in [6.07, 6.45) is 3.06. The van der Waals surface area contributed by atoms with Gasteiger partial charge in [-0.15, -0.1) is 0 Å². The summed E-state index contributed by atoms with van der Waals surface area (Å²) in [4.78, 5) is 21.8. The largest absolute Gasteiger partial charge is 0.458 e. The number of ether oxygens (including phenoxy) is 2. The van der Waals surface area contributed by atoms with Crippen molar-refractivity contribution in [1.29, 1.82) is 0 Å². The van der Waals surface area contributed by atoms with Crippen LogP contribution in [-0.2, 0) is 19.1 Å². The van der Waals surface area contributed by atoms with E-state index in [9.17, 15) is 9.59 Å². The minimum Gasteiger partial charge on any atom is -0.458 e. The lowest BCUT2D eigenvalue weighted by molar-refractivity contribution is -0.147. The van der Waals surface area contributed by atoms with Crippen molar-refractivity contribution in [1.82, 2.24) is 0 Å². The summed E-state index contributed by atoms with van der Waals surface area (Å²) in [5, 5.41) is 0.157. The lowest BCUT2D eigenvalue weighted by Gasteiger charge is -2.13. The van der Waals surface area contributed by atoms with Gasteiger partial charge in [0.25, 0.3) is 5.97 Å². The van der Waals surface area contributed by atoms with Gasteiger partial charge >= 0.3 is 5.97 Å². The Morgan fingerprint density at radius 3 is 2.27 bits per heavy atom. The average Bonchev–Trinajstić information content (AvgIpc) is 2.65. The van der Waals surface area contributed by atoms with E-state index < -0.39 is 5.97 Å². The molecule has 1 aliphatic carbocycles. The van der Waals surface area contributed by atoms with Crippen LogP contribution in [0.2, 0.25) is 6.32 Å². The van der Waals surface area contributed by atoms with E-state index in [2.05, 4.69) is 15.9 Å². The quantitative estimate of drug-likeness (QED) is 0.328. The second-order valence-corrected chi connectivity index (χ2v) is 3.58. The van der Waals surface area contributed by atoms with E-state index in [1.807, 2.05) is 0 Å². The van der Waals surface area contributed by atoms with E-state index in [-0.39, 0.29) is 29.8 Å². The van der Waals surface area contributed by atoms with Gasteiger partial charge in [0.1, 0.15) is 17.5 Å². The average molecular weight is 273 g/mol. The Morgan fingerprint density at radius 2 is 1.80 bits per heavy atom. The van der Waals surface area contributed by atoms with Crippen molar-refractivity contribution >= 4 is 35.7 Å². The van der Waals surface area contributed by atoms with E-state index in [0.717, 1.165) is 0 Å². The Balaban J connectivity index is 2.31. The summed E-state index contributed by atoms with van der Waals surface area (Å²) in [7, 11) is 5.10. The second kappa shape index (κ2) is 5.95. The normalized spacial score (nSPS) is 23.8. The van der Waals surface area contributed by atoms with Crippen molar-refractivity contribution in [3.8, 4) is 0 Å². The van der Waals surface area contributed by atoms with Gasteiger partial charge in [0.15, 0.2) is 0 Å². The monoisotopic (exact) mass is 272 g/mol. The van der Waals surface area contributed by atoms with Crippen LogP contribution in [0.3, 0.4) is 0 Å². The zero-order valence-electron chi connectivity index (χ0n) is 8.02. The first-order chi connectivity index (χ1) is 7.15. The van der Waals surface area contributed by atoms with Crippen molar-refractivity contribution in [3.63, 3.8) is 0 Å². The summed E-state index contributed by atoms with van der Waals surface area (Å²) in [5.74, 6) is -0.799. The highest BCUT2D eigenvalue weighted by Crippen LogP contribution is 2.18. The summed E-state index contributed by atoms with van der Waals surface area (Å²) in [6.45, 7) is 0. The maximum atomic E-state index is 10.9. The molecule has 4 nitrogen and oxygen atoms in total. The van der Waals surface area contributed by atoms with Crippen molar-refractivity contribution in [2.45, 2.75) is 24.9 Å². The van der Waals surface area contributed by atoms with E-state index in [4.69, 9.17) is 17.3 Å². The van der Waals surface area contributed by atoms with Crippen LogP contribution in [0.1, 0.15) is 6.42 Å². The first-order valence-corrected chi connectivity index (χ1v) is 5.61. The Bertz CT molecular complexity index is 253. The second-order valence-electron chi connectivity index (χ2n) is 3.01. The van der Waals surface area contributed by atoms with Crippen LogP contribution in [-0.4, -0.2) is 37.3 Å². The molecule has 15 heavy (non-hydrogen) atoms. The molecule has 0 aliphatic heterocycles. The van der Waals surface area contributed by atoms with Gasteiger partial charge in [-0.25, -0.2) is 0 Å². The van der Waals surface area contributed by atoms with E-state index in [0.29, 0.717) is 6.42 Å². The van der Waals surface area contributed by atoms with Crippen molar-refractivity contribution in [2.75, 3.05) is 5.33 Å². The fourth-order valence-corrected chi connectivity index (χ4v) is 1.36. The van der Waals surface area contributed by atoms with Gasteiger partial charge in [-0.05, 0) is 12.2 Å². The molecule has 80 valence electrons. The molecular formula is C9H10BBrO4. The van der Waals surface area contributed by atoms with Crippen LogP contribution in [0, 0.1) is 0 Å². The fourth-order valence-electron chi connectivity index (χ4n) is 1.23. The number of hydrogen-bond donors (Lipinski definition) is 0. The molecule has 0 saturated heterocycles. The molecule has 0 aromatic rings. The third kappa shape index (κ3) is 4.07. The summed E-state index contributed by atoms with van der Waals surface area (Å²) >= 11 is 2.99. The number of alkyl halides is 1. The zero-order chi connectivity index (χ0) is 11.3. The Morgan fingerprint density at radius 1 is 1.27 bits per heavy atom.